The summed E-state index contributed by atoms with van der Waals surface area (Å²) < 4.78 is 0. The Labute approximate surface area is 86.8 Å². The minimum absolute atomic E-state index is 0.184. The van der Waals surface area contributed by atoms with E-state index in [0.29, 0.717) is 0 Å². The normalized spacial score (nSPS) is 23.5. The lowest BCUT2D eigenvalue weighted by atomic mass is 9.83. The molecule has 0 radical (unpaired) electrons. The van der Waals surface area contributed by atoms with E-state index in [9.17, 15) is 0 Å². The summed E-state index contributed by atoms with van der Waals surface area (Å²) in [6.07, 6.45) is 12.8. The summed E-state index contributed by atoms with van der Waals surface area (Å²) in [7, 11) is 0. The molecule has 2 N–H and O–H groups in total. The van der Waals surface area contributed by atoms with Crippen LogP contribution in [0.15, 0.2) is 0 Å². The summed E-state index contributed by atoms with van der Waals surface area (Å²) in [5.41, 5.74) is 6.59. The third-order valence-electron chi connectivity index (χ3n) is 3.15. The molecule has 78 valence electrons. The first kappa shape index (κ1) is 11.4. The van der Waals surface area contributed by atoms with Gasteiger partial charge in [0.25, 0.3) is 0 Å². The molecule has 0 aliphatic heterocycles. The molecular formula is C11H23NS. The molecule has 0 spiro atoms. The van der Waals surface area contributed by atoms with E-state index >= 15 is 0 Å². The van der Waals surface area contributed by atoms with Crippen LogP contribution in [0.3, 0.4) is 0 Å². The van der Waals surface area contributed by atoms with Gasteiger partial charge in [-0.15, -0.1) is 0 Å². The molecule has 1 saturated carbocycles. The largest absolute Gasteiger partial charge is 0.325 e. The van der Waals surface area contributed by atoms with Gasteiger partial charge in [-0.2, -0.15) is 11.8 Å². The van der Waals surface area contributed by atoms with E-state index in [1.165, 1.54) is 57.1 Å². The lowest BCUT2D eigenvalue weighted by molar-refractivity contribution is 0.309. The van der Waals surface area contributed by atoms with Crippen molar-refractivity contribution in [1.82, 2.24) is 0 Å². The number of hydrogen-bond acceptors (Lipinski definition) is 2. The van der Waals surface area contributed by atoms with Gasteiger partial charge < -0.3 is 5.73 Å². The monoisotopic (exact) mass is 201 g/mol. The molecule has 2 heteroatoms. The zero-order valence-corrected chi connectivity index (χ0v) is 9.67. The van der Waals surface area contributed by atoms with Crippen LogP contribution in [0.25, 0.3) is 0 Å². The Hall–Kier alpha value is 0.310. The van der Waals surface area contributed by atoms with Crippen LogP contribution in [-0.4, -0.2) is 17.5 Å². The maximum Gasteiger partial charge on any atom is 0.0162 e. The average Bonchev–Trinajstić information content (AvgIpc) is 2.09. The van der Waals surface area contributed by atoms with Crippen LogP contribution in [0.4, 0.5) is 0 Å². The summed E-state index contributed by atoms with van der Waals surface area (Å²) in [6, 6.07) is 0. The van der Waals surface area contributed by atoms with Gasteiger partial charge in [0.15, 0.2) is 0 Å². The second-order valence-electron chi connectivity index (χ2n) is 4.37. The van der Waals surface area contributed by atoms with Gasteiger partial charge >= 0.3 is 0 Å². The Morgan fingerprint density at radius 3 is 2.15 bits per heavy atom. The number of hydrogen-bond donors (Lipinski definition) is 1. The van der Waals surface area contributed by atoms with Gasteiger partial charge in [0.1, 0.15) is 0 Å². The fourth-order valence-electron chi connectivity index (χ4n) is 2.16. The van der Waals surface area contributed by atoms with Crippen LogP contribution in [0.1, 0.15) is 51.4 Å². The topological polar surface area (TPSA) is 26.0 Å². The molecule has 0 bridgehead atoms. The smallest absolute Gasteiger partial charge is 0.0162 e. The molecule has 1 nitrogen and oxygen atoms in total. The molecule has 0 aromatic carbocycles. The van der Waals surface area contributed by atoms with Gasteiger partial charge in [0.2, 0.25) is 0 Å². The Kier molecular flexibility index (Phi) is 5.18. The van der Waals surface area contributed by atoms with Crippen LogP contribution in [0, 0.1) is 0 Å². The minimum atomic E-state index is 0.184. The zero-order chi connectivity index (χ0) is 9.57. The molecule has 1 fully saturated rings. The lowest BCUT2D eigenvalue weighted by Crippen LogP contribution is -2.40. The highest BCUT2D eigenvalue weighted by Crippen LogP contribution is 2.27. The van der Waals surface area contributed by atoms with Crippen molar-refractivity contribution in [3.63, 3.8) is 0 Å². The van der Waals surface area contributed by atoms with Crippen molar-refractivity contribution in [2.75, 3.05) is 12.0 Å². The van der Waals surface area contributed by atoms with Crippen molar-refractivity contribution in [3.05, 3.63) is 0 Å². The van der Waals surface area contributed by atoms with E-state index in [0.717, 1.165) is 0 Å². The zero-order valence-electron chi connectivity index (χ0n) is 8.85. The number of rotatable bonds is 3. The Morgan fingerprint density at radius 2 is 1.62 bits per heavy atom. The fraction of sp³-hybridized carbons (Fsp3) is 1.00. The first-order chi connectivity index (χ1) is 6.27. The molecule has 0 amide bonds. The lowest BCUT2D eigenvalue weighted by Gasteiger charge is -2.31. The van der Waals surface area contributed by atoms with Crippen molar-refractivity contribution in [1.29, 1.82) is 0 Å². The van der Waals surface area contributed by atoms with E-state index in [4.69, 9.17) is 5.73 Å². The molecule has 13 heavy (non-hydrogen) atoms. The third kappa shape index (κ3) is 4.37. The maximum absolute atomic E-state index is 6.40. The highest BCUT2D eigenvalue weighted by Gasteiger charge is 2.24. The predicted molar refractivity (Wildman–Crippen MR) is 62.2 cm³/mol. The average molecular weight is 201 g/mol. The number of nitrogens with two attached hydrogens (primary N) is 1. The van der Waals surface area contributed by atoms with Gasteiger partial charge in [-0.05, 0) is 31.3 Å². The van der Waals surface area contributed by atoms with E-state index in [1.807, 2.05) is 11.8 Å². The van der Waals surface area contributed by atoms with Gasteiger partial charge in [-0.1, -0.05) is 32.1 Å². The summed E-state index contributed by atoms with van der Waals surface area (Å²) in [6.45, 7) is 0. The van der Waals surface area contributed by atoms with E-state index in [1.54, 1.807) is 0 Å². The maximum atomic E-state index is 6.40. The highest BCUT2D eigenvalue weighted by atomic mass is 32.2. The van der Waals surface area contributed by atoms with Gasteiger partial charge in [-0.25, -0.2) is 0 Å². The van der Waals surface area contributed by atoms with Crippen LogP contribution in [0.5, 0.6) is 0 Å². The first-order valence-electron chi connectivity index (χ1n) is 5.55. The van der Waals surface area contributed by atoms with Crippen LogP contribution in [-0.2, 0) is 0 Å². The fourth-order valence-corrected chi connectivity index (χ4v) is 2.78. The second-order valence-corrected chi connectivity index (χ2v) is 5.36. The van der Waals surface area contributed by atoms with Crippen molar-refractivity contribution in [2.45, 2.75) is 56.9 Å². The molecule has 0 aromatic rings. The summed E-state index contributed by atoms with van der Waals surface area (Å²) in [5.74, 6) is 1.23. The van der Waals surface area contributed by atoms with E-state index in [-0.39, 0.29) is 5.54 Å². The van der Waals surface area contributed by atoms with E-state index in [2.05, 4.69) is 6.26 Å². The quantitative estimate of drug-likeness (QED) is 0.759. The number of thioether (sulfide) groups is 1. The standard InChI is InChI=1S/C11H23NS/c1-13-10-9-11(12)7-5-3-2-4-6-8-11/h2-10,12H2,1H3. The molecule has 1 aliphatic carbocycles. The van der Waals surface area contributed by atoms with Crippen molar-refractivity contribution in [2.24, 2.45) is 5.73 Å². The van der Waals surface area contributed by atoms with Gasteiger partial charge in [0.05, 0.1) is 0 Å². The van der Waals surface area contributed by atoms with E-state index < -0.39 is 0 Å². The van der Waals surface area contributed by atoms with Crippen molar-refractivity contribution >= 4 is 11.8 Å². The molecule has 1 rings (SSSR count). The SMILES string of the molecule is CSCCC1(N)CCCCCCC1. The molecule has 0 saturated heterocycles. The van der Waals surface area contributed by atoms with Gasteiger partial charge in [0, 0.05) is 5.54 Å². The van der Waals surface area contributed by atoms with Crippen LogP contribution >= 0.6 is 11.8 Å². The Balaban J connectivity index is 2.32. The molecular weight excluding hydrogens is 178 g/mol. The minimum Gasteiger partial charge on any atom is -0.325 e. The molecule has 0 atom stereocenters. The third-order valence-corrected chi connectivity index (χ3v) is 3.77. The Bertz CT molecular complexity index is 123. The summed E-state index contributed by atoms with van der Waals surface area (Å²) in [4.78, 5) is 0. The summed E-state index contributed by atoms with van der Waals surface area (Å²) >= 11 is 1.93. The Morgan fingerprint density at radius 1 is 1.08 bits per heavy atom. The van der Waals surface area contributed by atoms with Crippen LogP contribution in [0.2, 0.25) is 0 Å². The molecule has 0 heterocycles. The van der Waals surface area contributed by atoms with Crippen molar-refractivity contribution in [3.8, 4) is 0 Å². The van der Waals surface area contributed by atoms with Crippen LogP contribution < -0.4 is 5.73 Å². The highest BCUT2D eigenvalue weighted by molar-refractivity contribution is 7.98. The molecule has 0 unspecified atom stereocenters. The second kappa shape index (κ2) is 5.92. The summed E-state index contributed by atoms with van der Waals surface area (Å²) in [5, 5.41) is 0. The van der Waals surface area contributed by atoms with Crippen molar-refractivity contribution < 1.29 is 0 Å². The predicted octanol–water partition coefficient (Wildman–Crippen LogP) is 3.18. The molecule has 0 aromatic heterocycles. The first-order valence-corrected chi connectivity index (χ1v) is 6.94. The molecule has 1 aliphatic rings. The van der Waals surface area contributed by atoms with Gasteiger partial charge in [-0.3, -0.25) is 0 Å².